The molecule has 1 aromatic carbocycles. The maximum Gasteiger partial charge on any atom is 0.248 e. The van der Waals surface area contributed by atoms with E-state index in [0.29, 0.717) is 22.4 Å². The van der Waals surface area contributed by atoms with Crippen molar-refractivity contribution in [2.45, 2.75) is 34.2 Å². The molecule has 1 aromatic heterocycles. The van der Waals surface area contributed by atoms with Gasteiger partial charge in [0.2, 0.25) is 11.8 Å². The lowest BCUT2D eigenvalue weighted by molar-refractivity contribution is -0.114. The van der Waals surface area contributed by atoms with Gasteiger partial charge in [0.25, 0.3) is 0 Å². The van der Waals surface area contributed by atoms with E-state index >= 15 is 0 Å². The lowest BCUT2D eigenvalue weighted by Crippen LogP contribution is -2.09. The van der Waals surface area contributed by atoms with Crippen molar-refractivity contribution in [3.8, 4) is 0 Å². The van der Waals surface area contributed by atoms with Crippen molar-refractivity contribution in [3.05, 3.63) is 46.8 Å². The summed E-state index contributed by atoms with van der Waals surface area (Å²) < 4.78 is 1.75. The quantitative estimate of drug-likeness (QED) is 0.747. The number of carbonyl (C=O) groups is 2. The summed E-state index contributed by atoms with van der Waals surface area (Å²) in [6.45, 7) is 8.18. The highest BCUT2D eigenvalue weighted by molar-refractivity contribution is 6.31. The minimum absolute atomic E-state index is 0.170. The number of nitrogens with one attached hydrogen (secondary N) is 2. The van der Waals surface area contributed by atoms with Gasteiger partial charge in [-0.3, -0.25) is 14.3 Å². The molecule has 0 aliphatic rings. The van der Waals surface area contributed by atoms with Gasteiger partial charge >= 0.3 is 0 Å². The summed E-state index contributed by atoms with van der Waals surface area (Å²) in [4.78, 5) is 23.3. The second-order valence-electron chi connectivity index (χ2n) is 6.45. The normalized spacial score (nSPS) is 11.2. The Bertz CT molecular complexity index is 840. The van der Waals surface area contributed by atoms with Gasteiger partial charge in [-0.05, 0) is 37.1 Å². The highest BCUT2D eigenvalue weighted by Crippen LogP contribution is 2.22. The summed E-state index contributed by atoms with van der Waals surface area (Å²) in [5.74, 6) is -0.0447. The van der Waals surface area contributed by atoms with Crippen LogP contribution in [0.2, 0.25) is 5.15 Å². The summed E-state index contributed by atoms with van der Waals surface area (Å²) in [7, 11) is 0. The fraction of sp³-hybridized carbons (Fsp3) is 0.316. The third kappa shape index (κ3) is 5.46. The van der Waals surface area contributed by atoms with Gasteiger partial charge in [-0.15, -0.1) is 0 Å². The predicted octanol–water partition coefficient (Wildman–Crippen LogP) is 4.11. The summed E-state index contributed by atoms with van der Waals surface area (Å²) in [5, 5.41) is 10.4. The van der Waals surface area contributed by atoms with E-state index in [-0.39, 0.29) is 11.8 Å². The number of hydrogen-bond donors (Lipinski definition) is 2. The predicted molar refractivity (Wildman–Crippen MR) is 105 cm³/mol. The largest absolute Gasteiger partial charge is 0.326 e. The average molecular weight is 375 g/mol. The Morgan fingerprint density at radius 3 is 2.54 bits per heavy atom. The molecule has 0 atom stereocenters. The summed E-state index contributed by atoms with van der Waals surface area (Å²) in [6, 6.07) is 6.93. The van der Waals surface area contributed by atoms with Crippen LogP contribution in [0.3, 0.4) is 0 Å². The molecule has 7 heteroatoms. The van der Waals surface area contributed by atoms with Crippen molar-refractivity contribution in [3.63, 3.8) is 0 Å². The molecule has 26 heavy (non-hydrogen) atoms. The van der Waals surface area contributed by atoms with Crippen molar-refractivity contribution in [2.75, 3.05) is 10.6 Å². The third-order valence-corrected chi connectivity index (χ3v) is 3.90. The van der Waals surface area contributed by atoms with Gasteiger partial charge in [-0.1, -0.05) is 31.5 Å². The summed E-state index contributed by atoms with van der Waals surface area (Å²) in [6.07, 6.45) is 3.08. The highest BCUT2D eigenvalue weighted by Gasteiger charge is 2.12. The van der Waals surface area contributed by atoms with Crippen LogP contribution in [0.5, 0.6) is 0 Å². The van der Waals surface area contributed by atoms with Gasteiger partial charge in [-0.25, -0.2) is 0 Å². The van der Waals surface area contributed by atoms with Crippen LogP contribution in [0.25, 0.3) is 6.08 Å². The zero-order valence-electron chi connectivity index (χ0n) is 15.3. The summed E-state index contributed by atoms with van der Waals surface area (Å²) in [5.41, 5.74) is 2.71. The molecule has 2 amide bonds. The van der Waals surface area contributed by atoms with Crippen LogP contribution in [0, 0.1) is 12.8 Å². The zero-order valence-corrected chi connectivity index (χ0v) is 16.1. The molecule has 0 aliphatic heterocycles. The number of aromatic nitrogens is 2. The SMILES string of the molecule is CC(=O)Nc1cccc(NC(=O)/C=C/c2c(C)nn(CC(C)C)c2Cl)c1. The van der Waals surface area contributed by atoms with E-state index in [9.17, 15) is 9.59 Å². The molecule has 138 valence electrons. The molecule has 2 aromatic rings. The van der Waals surface area contributed by atoms with E-state index in [2.05, 4.69) is 29.6 Å². The molecule has 2 rings (SSSR count). The van der Waals surface area contributed by atoms with Crippen LogP contribution in [-0.2, 0) is 16.1 Å². The van der Waals surface area contributed by atoms with Crippen molar-refractivity contribution in [1.29, 1.82) is 0 Å². The number of carbonyl (C=O) groups excluding carboxylic acids is 2. The maximum atomic E-state index is 12.2. The fourth-order valence-electron chi connectivity index (χ4n) is 2.44. The monoisotopic (exact) mass is 374 g/mol. The number of amides is 2. The van der Waals surface area contributed by atoms with Crippen molar-refractivity contribution < 1.29 is 9.59 Å². The number of hydrogen-bond acceptors (Lipinski definition) is 3. The van der Waals surface area contributed by atoms with E-state index < -0.39 is 0 Å². The van der Waals surface area contributed by atoms with Crippen LogP contribution < -0.4 is 10.6 Å². The molecular weight excluding hydrogens is 352 g/mol. The molecule has 0 saturated carbocycles. The Labute approximate surface area is 158 Å². The number of rotatable bonds is 6. The topological polar surface area (TPSA) is 76.0 Å². The first-order chi connectivity index (χ1) is 12.3. The minimum Gasteiger partial charge on any atom is -0.326 e. The third-order valence-electron chi connectivity index (χ3n) is 3.50. The van der Waals surface area contributed by atoms with E-state index in [0.717, 1.165) is 17.8 Å². The Hall–Kier alpha value is -2.60. The number of benzene rings is 1. The Kier molecular flexibility index (Phi) is 6.58. The Balaban J connectivity index is 2.08. The second-order valence-corrected chi connectivity index (χ2v) is 6.81. The van der Waals surface area contributed by atoms with Crippen molar-refractivity contribution in [2.24, 2.45) is 5.92 Å². The first kappa shape index (κ1) is 19.7. The lowest BCUT2D eigenvalue weighted by atomic mass is 10.2. The van der Waals surface area contributed by atoms with Crippen molar-refractivity contribution >= 4 is 40.9 Å². The fourth-order valence-corrected chi connectivity index (χ4v) is 2.75. The standard InChI is InChI=1S/C19H23ClN4O2/c1-12(2)11-24-19(20)17(13(3)23-24)8-9-18(26)22-16-7-5-6-15(10-16)21-14(4)25/h5-10,12H,11H2,1-4H3,(H,21,25)(H,22,26)/b9-8+. The van der Waals surface area contributed by atoms with E-state index in [1.807, 2.05) is 6.92 Å². The highest BCUT2D eigenvalue weighted by atomic mass is 35.5. The molecule has 0 aliphatic carbocycles. The van der Waals surface area contributed by atoms with Crippen LogP contribution in [-0.4, -0.2) is 21.6 Å². The van der Waals surface area contributed by atoms with Crippen LogP contribution >= 0.6 is 11.6 Å². The first-order valence-electron chi connectivity index (χ1n) is 8.36. The first-order valence-corrected chi connectivity index (χ1v) is 8.73. The number of nitrogens with zero attached hydrogens (tertiary/aromatic N) is 2. The van der Waals surface area contributed by atoms with E-state index in [4.69, 9.17) is 11.6 Å². The van der Waals surface area contributed by atoms with Crippen molar-refractivity contribution in [1.82, 2.24) is 9.78 Å². The van der Waals surface area contributed by atoms with Gasteiger partial charge in [-0.2, -0.15) is 5.10 Å². The zero-order chi connectivity index (χ0) is 19.3. The number of anilines is 2. The number of aryl methyl sites for hydroxylation is 1. The van der Waals surface area contributed by atoms with Crippen LogP contribution in [0.1, 0.15) is 32.0 Å². The van der Waals surface area contributed by atoms with Crippen LogP contribution in [0.15, 0.2) is 30.3 Å². The summed E-state index contributed by atoms with van der Waals surface area (Å²) >= 11 is 6.36. The van der Waals surface area contributed by atoms with E-state index in [1.54, 1.807) is 35.0 Å². The Morgan fingerprint density at radius 1 is 1.27 bits per heavy atom. The van der Waals surface area contributed by atoms with Gasteiger partial charge in [0, 0.05) is 36.5 Å². The van der Waals surface area contributed by atoms with Gasteiger partial charge in [0.05, 0.1) is 5.69 Å². The molecule has 1 heterocycles. The molecule has 2 N–H and O–H groups in total. The maximum absolute atomic E-state index is 12.2. The molecule has 0 saturated heterocycles. The second kappa shape index (κ2) is 8.67. The van der Waals surface area contributed by atoms with E-state index in [1.165, 1.54) is 13.0 Å². The smallest absolute Gasteiger partial charge is 0.248 e. The Morgan fingerprint density at radius 2 is 1.92 bits per heavy atom. The minimum atomic E-state index is -0.294. The van der Waals surface area contributed by atoms with Gasteiger partial charge in [0.1, 0.15) is 5.15 Å². The molecule has 0 fully saturated rings. The molecule has 0 unspecified atom stereocenters. The average Bonchev–Trinajstić information content (AvgIpc) is 2.78. The van der Waals surface area contributed by atoms with Crippen LogP contribution in [0.4, 0.5) is 11.4 Å². The molecule has 0 spiro atoms. The molecule has 6 nitrogen and oxygen atoms in total. The molecule has 0 radical (unpaired) electrons. The lowest BCUT2D eigenvalue weighted by Gasteiger charge is -2.06. The van der Waals surface area contributed by atoms with Gasteiger partial charge < -0.3 is 10.6 Å². The molecular formula is C19H23ClN4O2. The molecule has 0 bridgehead atoms. The number of halogens is 1. The van der Waals surface area contributed by atoms with Gasteiger partial charge in [0.15, 0.2) is 0 Å².